The highest BCUT2D eigenvalue weighted by atomic mass is 79.9. The normalized spacial score (nSPS) is 10.5. The third-order valence-corrected chi connectivity index (χ3v) is 3.98. The maximum absolute atomic E-state index is 12.2. The molecule has 3 aromatic rings. The molecule has 1 N–H and O–H groups in total. The SMILES string of the molecule is Cc1cc(Br)ccc1NC(=O)Cc1cnn(-c2ccccc2)c1. The lowest BCUT2D eigenvalue weighted by Crippen LogP contribution is -2.14. The number of hydrogen-bond donors (Lipinski definition) is 1. The predicted molar refractivity (Wildman–Crippen MR) is 94.8 cm³/mol. The number of carbonyl (C=O) groups excluding carboxylic acids is 1. The Balaban J connectivity index is 1.68. The van der Waals surface area contributed by atoms with Crippen molar-refractivity contribution in [3.63, 3.8) is 0 Å². The highest BCUT2D eigenvalue weighted by Crippen LogP contribution is 2.20. The van der Waals surface area contributed by atoms with Crippen molar-refractivity contribution >= 4 is 27.5 Å². The van der Waals surface area contributed by atoms with Crippen molar-refractivity contribution in [2.45, 2.75) is 13.3 Å². The molecular weight excluding hydrogens is 354 g/mol. The number of benzene rings is 2. The average molecular weight is 370 g/mol. The topological polar surface area (TPSA) is 46.9 Å². The van der Waals surface area contributed by atoms with Crippen molar-refractivity contribution in [1.82, 2.24) is 9.78 Å². The molecule has 23 heavy (non-hydrogen) atoms. The van der Waals surface area contributed by atoms with Gasteiger partial charge >= 0.3 is 0 Å². The molecule has 0 saturated carbocycles. The highest BCUT2D eigenvalue weighted by molar-refractivity contribution is 9.10. The highest BCUT2D eigenvalue weighted by Gasteiger charge is 2.08. The molecule has 0 unspecified atom stereocenters. The first-order chi connectivity index (χ1) is 11.1. The molecule has 5 heteroatoms. The van der Waals surface area contributed by atoms with Crippen LogP contribution in [-0.2, 0) is 11.2 Å². The summed E-state index contributed by atoms with van der Waals surface area (Å²) in [5.74, 6) is -0.0527. The summed E-state index contributed by atoms with van der Waals surface area (Å²) in [5.41, 5.74) is 3.70. The monoisotopic (exact) mass is 369 g/mol. The van der Waals surface area contributed by atoms with Crippen molar-refractivity contribution < 1.29 is 4.79 Å². The summed E-state index contributed by atoms with van der Waals surface area (Å²) in [7, 11) is 0. The average Bonchev–Trinajstić information content (AvgIpc) is 2.99. The fourth-order valence-corrected chi connectivity index (χ4v) is 2.80. The lowest BCUT2D eigenvalue weighted by Gasteiger charge is -2.08. The van der Waals surface area contributed by atoms with Gasteiger partial charge in [-0.15, -0.1) is 0 Å². The molecule has 0 fully saturated rings. The molecule has 1 amide bonds. The van der Waals surface area contributed by atoms with Gasteiger partial charge in [-0.25, -0.2) is 4.68 Å². The summed E-state index contributed by atoms with van der Waals surface area (Å²) < 4.78 is 2.77. The number of aromatic nitrogens is 2. The van der Waals surface area contributed by atoms with Crippen LogP contribution in [0.5, 0.6) is 0 Å². The minimum atomic E-state index is -0.0527. The lowest BCUT2D eigenvalue weighted by molar-refractivity contribution is -0.115. The smallest absolute Gasteiger partial charge is 0.228 e. The van der Waals surface area contributed by atoms with E-state index in [9.17, 15) is 4.79 Å². The Labute approximate surface area is 143 Å². The number of para-hydroxylation sites is 1. The quantitative estimate of drug-likeness (QED) is 0.751. The number of nitrogens with one attached hydrogen (secondary N) is 1. The van der Waals surface area contributed by atoms with Crippen molar-refractivity contribution in [1.29, 1.82) is 0 Å². The van der Waals surface area contributed by atoms with Crippen LogP contribution in [0, 0.1) is 6.92 Å². The van der Waals surface area contributed by atoms with E-state index in [2.05, 4.69) is 26.3 Å². The lowest BCUT2D eigenvalue weighted by atomic mass is 10.2. The van der Waals surface area contributed by atoms with Crippen LogP contribution < -0.4 is 5.32 Å². The van der Waals surface area contributed by atoms with E-state index in [-0.39, 0.29) is 5.91 Å². The van der Waals surface area contributed by atoms with Crippen molar-refractivity contribution in [3.8, 4) is 5.69 Å². The number of aryl methyl sites for hydroxylation is 1. The Bertz CT molecular complexity index is 827. The second-order valence-electron chi connectivity index (χ2n) is 5.31. The van der Waals surface area contributed by atoms with Gasteiger partial charge in [0.25, 0.3) is 0 Å². The standard InChI is InChI=1S/C18H16BrN3O/c1-13-9-15(19)7-8-17(13)21-18(23)10-14-11-20-22(12-14)16-5-3-2-4-6-16/h2-9,11-12H,10H2,1H3,(H,21,23). The zero-order valence-electron chi connectivity index (χ0n) is 12.7. The number of anilines is 1. The van der Waals surface area contributed by atoms with Crippen LogP contribution in [-0.4, -0.2) is 15.7 Å². The Morgan fingerprint density at radius 2 is 2.00 bits per heavy atom. The summed E-state index contributed by atoms with van der Waals surface area (Å²) in [6.45, 7) is 1.97. The summed E-state index contributed by atoms with van der Waals surface area (Å²) in [6.07, 6.45) is 3.90. The molecule has 2 aromatic carbocycles. The Hall–Kier alpha value is -2.40. The fourth-order valence-electron chi connectivity index (χ4n) is 2.32. The number of carbonyl (C=O) groups is 1. The van der Waals surface area contributed by atoms with Crippen LogP contribution >= 0.6 is 15.9 Å². The molecule has 0 spiro atoms. The largest absolute Gasteiger partial charge is 0.326 e. The zero-order valence-corrected chi connectivity index (χ0v) is 14.2. The summed E-state index contributed by atoms with van der Waals surface area (Å²) in [6, 6.07) is 15.6. The van der Waals surface area contributed by atoms with Gasteiger partial charge in [-0.2, -0.15) is 5.10 Å². The van der Waals surface area contributed by atoms with Crippen LogP contribution in [0.3, 0.4) is 0 Å². The molecule has 0 aliphatic carbocycles. The first-order valence-electron chi connectivity index (χ1n) is 7.27. The van der Waals surface area contributed by atoms with E-state index >= 15 is 0 Å². The van der Waals surface area contributed by atoms with Gasteiger partial charge in [0.15, 0.2) is 0 Å². The number of rotatable bonds is 4. The third-order valence-electron chi connectivity index (χ3n) is 3.48. The van der Waals surface area contributed by atoms with Gasteiger partial charge < -0.3 is 5.32 Å². The van der Waals surface area contributed by atoms with Gasteiger partial charge in [-0.1, -0.05) is 34.1 Å². The fraction of sp³-hybridized carbons (Fsp3) is 0.111. The van der Waals surface area contributed by atoms with Gasteiger partial charge in [0.2, 0.25) is 5.91 Å². The number of nitrogens with zero attached hydrogens (tertiary/aromatic N) is 2. The molecule has 0 saturated heterocycles. The van der Waals surface area contributed by atoms with Crippen molar-refractivity contribution in [2.75, 3.05) is 5.32 Å². The molecule has 0 aliphatic rings. The Kier molecular flexibility index (Phi) is 4.57. The van der Waals surface area contributed by atoms with E-state index in [0.29, 0.717) is 6.42 Å². The molecule has 0 radical (unpaired) electrons. The van der Waals surface area contributed by atoms with Crippen molar-refractivity contribution in [2.24, 2.45) is 0 Å². The minimum absolute atomic E-state index is 0.0527. The summed E-state index contributed by atoms with van der Waals surface area (Å²) >= 11 is 3.42. The molecule has 0 bridgehead atoms. The second kappa shape index (κ2) is 6.79. The summed E-state index contributed by atoms with van der Waals surface area (Å²) in [4.78, 5) is 12.2. The molecule has 3 rings (SSSR count). The van der Waals surface area contributed by atoms with Crippen LogP contribution in [0.1, 0.15) is 11.1 Å². The van der Waals surface area contributed by atoms with Gasteiger partial charge in [-0.3, -0.25) is 4.79 Å². The Morgan fingerprint density at radius 1 is 1.22 bits per heavy atom. The van der Waals surface area contributed by atoms with Crippen LogP contribution in [0.25, 0.3) is 5.69 Å². The molecule has 0 aliphatic heterocycles. The van der Waals surface area contributed by atoms with Gasteiger partial charge in [0.05, 0.1) is 18.3 Å². The van der Waals surface area contributed by atoms with Crippen molar-refractivity contribution in [3.05, 3.63) is 76.5 Å². The first-order valence-corrected chi connectivity index (χ1v) is 8.06. The van der Waals surface area contributed by atoms with E-state index in [1.165, 1.54) is 0 Å². The van der Waals surface area contributed by atoms with Crippen LogP contribution in [0.15, 0.2) is 65.4 Å². The number of amides is 1. The molecule has 0 atom stereocenters. The first kappa shape index (κ1) is 15.5. The minimum Gasteiger partial charge on any atom is -0.326 e. The van der Waals surface area contributed by atoms with Gasteiger partial charge in [0.1, 0.15) is 0 Å². The number of halogens is 1. The van der Waals surface area contributed by atoms with Crippen LogP contribution in [0.4, 0.5) is 5.69 Å². The molecule has 1 aromatic heterocycles. The molecule has 116 valence electrons. The molecule has 1 heterocycles. The second-order valence-corrected chi connectivity index (χ2v) is 6.23. The van der Waals surface area contributed by atoms with E-state index < -0.39 is 0 Å². The van der Waals surface area contributed by atoms with Gasteiger partial charge in [0, 0.05) is 16.4 Å². The molecular formula is C18H16BrN3O. The van der Waals surface area contributed by atoms with Gasteiger partial charge in [-0.05, 0) is 48.4 Å². The van der Waals surface area contributed by atoms with E-state index in [0.717, 1.165) is 27.0 Å². The van der Waals surface area contributed by atoms with Crippen LogP contribution in [0.2, 0.25) is 0 Å². The molecule has 4 nitrogen and oxygen atoms in total. The maximum Gasteiger partial charge on any atom is 0.228 e. The maximum atomic E-state index is 12.2. The Morgan fingerprint density at radius 3 is 2.74 bits per heavy atom. The van der Waals surface area contributed by atoms with E-state index in [1.807, 2.05) is 61.7 Å². The number of hydrogen-bond acceptors (Lipinski definition) is 2. The van der Waals surface area contributed by atoms with E-state index in [1.54, 1.807) is 10.9 Å². The van der Waals surface area contributed by atoms with E-state index in [4.69, 9.17) is 0 Å². The zero-order chi connectivity index (χ0) is 16.2. The summed E-state index contributed by atoms with van der Waals surface area (Å²) in [5, 5.41) is 7.24. The third kappa shape index (κ3) is 3.87. The predicted octanol–water partition coefficient (Wildman–Crippen LogP) is 4.12.